The Morgan fingerprint density at radius 1 is 1.36 bits per heavy atom. The molecule has 0 saturated heterocycles. The molecule has 1 unspecified atom stereocenters. The van der Waals surface area contributed by atoms with Crippen LogP contribution in [-0.4, -0.2) is 17.3 Å². The molecular weight excluding hydrogens is 440 g/mol. The first-order chi connectivity index (χ1) is 13.4. The average molecular weight is 457 g/mol. The van der Waals surface area contributed by atoms with E-state index in [1.807, 2.05) is 18.2 Å². The van der Waals surface area contributed by atoms with Gasteiger partial charge in [0.25, 0.3) is 0 Å². The second kappa shape index (κ2) is 7.00. The van der Waals surface area contributed by atoms with E-state index in [1.165, 1.54) is 9.75 Å². The highest BCUT2D eigenvalue weighted by Crippen LogP contribution is 2.47. The van der Waals surface area contributed by atoms with Crippen LogP contribution in [0, 0.1) is 25.2 Å². The van der Waals surface area contributed by atoms with Gasteiger partial charge in [-0.3, -0.25) is 5.10 Å². The predicted molar refractivity (Wildman–Crippen MR) is 111 cm³/mol. The molecule has 2 aromatic heterocycles. The molecule has 3 heterocycles. The quantitative estimate of drug-likeness (QED) is 0.592. The number of aryl methyl sites for hydroxylation is 2. The fraction of sp³-hybridized carbons (Fsp3) is 0.200. The fourth-order valence-corrected chi connectivity index (χ4v) is 5.01. The van der Waals surface area contributed by atoms with Crippen molar-refractivity contribution in [2.24, 2.45) is 5.73 Å². The molecule has 3 N–H and O–H groups in total. The van der Waals surface area contributed by atoms with E-state index in [9.17, 15) is 5.26 Å². The first-order valence-electron chi connectivity index (χ1n) is 8.51. The Morgan fingerprint density at radius 2 is 2.14 bits per heavy atom. The van der Waals surface area contributed by atoms with Gasteiger partial charge in [-0.1, -0.05) is 6.07 Å². The molecule has 0 bridgehead atoms. The van der Waals surface area contributed by atoms with Gasteiger partial charge in [-0.05, 0) is 53.5 Å². The lowest BCUT2D eigenvalue weighted by molar-refractivity contribution is 0.379. The van der Waals surface area contributed by atoms with Crippen LogP contribution in [0.25, 0.3) is 11.3 Å². The minimum atomic E-state index is -0.399. The largest absolute Gasteiger partial charge is 0.496 e. The number of hydrogen-bond donors (Lipinski definition) is 2. The van der Waals surface area contributed by atoms with Gasteiger partial charge in [0, 0.05) is 15.3 Å². The van der Waals surface area contributed by atoms with Gasteiger partial charge in [0.2, 0.25) is 11.8 Å². The van der Waals surface area contributed by atoms with Crippen molar-refractivity contribution >= 4 is 27.3 Å². The van der Waals surface area contributed by atoms with E-state index < -0.39 is 5.92 Å². The molecule has 1 aliphatic heterocycles. The summed E-state index contributed by atoms with van der Waals surface area (Å²) in [6.45, 7) is 4.13. The number of benzene rings is 1. The molecule has 0 fully saturated rings. The van der Waals surface area contributed by atoms with Gasteiger partial charge in [-0.25, -0.2) is 0 Å². The number of nitrogens with two attached hydrogens (primary N) is 1. The summed E-state index contributed by atoms with van der Waals surface area (Å²) in [5, 5.41) is 17.2. The lowest BCUT2D eigenvalue weighted by atomic mass is 9.83. The predicted octanol–water partition coefficient (Wildman–Crippen LogP) is 4.74. The van der Waals surface area contributed by atoms with Crippen LogP contribution in [0.2, 0.25) is 0 Å². The topological polar surface area (TPSA) is 96.9 Å². The van der Waals surface area contributed by atoms with Crippen LogP contribution in [-0.2, 0) is 0 Å². The lowest BCUT2D eigenvalue weighted by Crippen LogP contribution is -2.21. The van der Waals surface area contributed by atoms with Gasteiger partial charge >= 0.3 is 0 Å². The summed E-state index contributed by atoms with van der Waals surface area (Å²) >= 11 is 5.25. The fourth-order valence-electron chi connectivity index (χ4n) is 3.52. The number of ether oxygens (including phenoxy) is 2. The second-order valence-corrected chi connectivity index (χ2v) is 8.78. The molecule has 0 amide bonds. The number of thiophene rings is 1. The van der Waals surface area contributed by atoms with Crippen molar-refractivity contribution in [1.29, 1.82) is 5.26 Å². The number of allylic oxidation sites excluding steroid dienone is 1. The molecule has 0 spiro atoms. The lowest BCUT2D eigenvalue weighted by Gasteiger charge is -2.24. The average Bonchev–Trinajstić information content (AvgIpc) is 3.22. The van der Waals surface area contributed by atoms with E-state index in [4.69, 9.17) is 15.2 Å². The van der Waals surface area contributed by atoms with Crippen molar-refractivity contribution in [2.45, 2.75) is 19.8 Å². The monoisotopic (exact) mass is 456 g/mol. The van der Waals surface area contributed by atoms with Crippen LogP contribution in [0.4, 0.5) is 0 Å². The summed E-state index contributed by atoms with van der Waals surface area (Å²) in [7, 11) is 1.61. The minimum Gasteiger partial charge on any atom is -0.496 e. The number of nitrogens with one attached hydrogen (secondary N) is 1. The molecular formula is C20H17BrN4O2S. The number of nitrogens with zero attached hydrogens (tertiary/aromatic N) is 2. The van der Waals surface area contributed by atoms with E-state index in [2.05, 4.69) is 52.1 Å². The molecule has 28 heavy (non-hydrogen) atoms. The number of halogens is 1. The first-order valence-corrected chi connectivity index (χ1v) is 10.1. The molecule has 8 heteroatoms. The van der Waals surface area contributed by atoms with Crippen molar-refractivity contribution in [3.63, 3.8) is 0 Å². The van der Waals surface area contributed by atoms with Gasteiger partial charge < -0.3 is 15.2 Å². The summed E-state index contributed by atoms with van der Waals surface area (Å²) in [4.78, 5) is 2.37. The van der Waals surface area contributed by atoms with Crippen LogP contribution < -0.4 is 15.2 Å². The molecule has 1 atom stereocenters. The third-order valence-electron chi connectivity index (χ3n) is 4.76. The molecule has 0 saturated carbocycles. The Bertz CT molecular complexity index is 1160. The van der Waals surface area contributed by atoms with E-state index in [0.717, 1.165) is 26.9 Å². The van der Waals surface area contributed by atoms with Crippen LogP contribution in [0.1, 0.15) is 26.8 Å². The van der Waals surface area contributed by atoms with Crippen molar-refractivity contribution in [2.75, 3.05) is 7.11 Å². The molecule has 142 valence electrons. The highest BCUT2D eigenvalue weighted by Gasteiger charge is 2.36. The van der Waals surface area contributed by atoms with Crippen LogP contribution >= 0.6 is 27.3 Å². The van der Waals surface area contributed by atoms with Crippen molar-refractivity contribution < 1.29 is 9.47 Å². The highest BCUT2D eigenvalue weighted by atomic mass is 79.9. The van der Waals surface area contributed by atoms with Crippen LogP contribution in [0.15, 0.2) is 40.2 Å². The number of nitriles is 1. The number of hydrogen-bond acceptors (Lipinski definition) is 6. The Morgan fingerprint density at radius 3 is 2.75 bits per heavy atom. The van der Waals surface area contributed by atoms with E-state index in [-0.39, 0.29) is 5.88 Å². The SMILES string of the molecule is COc1ccc(C2C(C#N)=C(N)Oc3n[nH]c(-c4cc(C)sc4C)c32)cc1Br. The minimum absolute atomic E-state index is 0.0724. The van der Waals surface area contributed by atoms with Gasteiger partial charge in [0.05, 0.1) is 28.8 Å². The Hall–Kier alpha value is -2.76. The molecule has 1 aliphatic rings. The van der Waals surface area contributed by atoms with Crippen molar-refractivity contribution in [3.8, 4) is 29.0 Å². The molecule has 0 radical (unpaired) electrons. The van der Waals surface area contributed by atoms with Crippen LogP contribution in [0.5, 0.6) is 11.6 Å². The maximum Gasteiger partial charge on any atom is 0.244 e. The second-order valence-electron chi connectivity index (χ2n) is 6.46. The zero-order valence-corrected chi connectivity index (χ0v) is 17.9. The Balaban J connectivity index is 1.96. The number of H-pyrrole nitrogens is 1. The van der Waals surface area contributed by atoms with Gasteiger partial charge in [0.15, 0.2) is 0 Å². The van der Waals surface area contributed by atoms with Crippen LogP contribution in [0.3, 0.4) is 0 Å². The summed E-state index contributed by atoms with van der Waals surface area (Å²) in [6, 6.07) is 10.1. The molecule has 0 aliphatic carbocycles. The standard InChI is InChI=1S/C20H17BrN4O2S/c1-9-6-12(10(2)28-9)18-17-16(11-4-5-15(26-3)14(21)7-11)13(8-22)19(23)27-20(17)25-24-18/h4-7,16H,23H2,1-3H3,(H,24,25). The number of aromatic amines is 1. The normalized spacial score (nSPS) is 15.8. The smallest absolute Gasteiger partial charge is 0.244 e. The van der Waals surface area contributed by atoms with Crippen molar-refractivity contribution in [3.05, 3.63) is 61.1 Å². The third-order valence-corrected chi connectivity index (χ3v) is 6.34. The number of rotatable bonds is 3. The number of methoxy groups -OCH3 is 1. The van der Waals surface area contributed by atoms with Gasteiger partial charge in [-0.2, -0.15) is 5.26 Å². The summed E-state index contributed by atoms with van der Waals surface area (Å²) in [5.41, 5.74) is 10.0. The molecule has 1 aromatic carbocycles. The highest BCUT2D eigenvalue weighted by molar-refractivity contribution is 9.10. The maximum absolute atomic E-state index is 9.81. The van der Waals surface area contributed by atoms with E-state index in [0.29, 0.717) is 17.2 Å². The zero-order valence-electron chi connectivity index (χ0n) is 15.5. The van der Waals surface area contributed by atoms with E-state index >= 15 is 0 Å². The first kappa shape index (κ1) is 18.6. The maximum atomic E-state index is 9.81. The molecule has 6 nitrogen and oxygen atoms in total. The number of aromatic nitrogens is 2. The zero-order chi connectivity index (χ0) is 20.0. The summed E-state index contributed by atoms with van der Waals surface area (Å²) in [5.74, 6) is 0.780. The summed E-state index contributed by atoms with van der Waals surface area (Å²) in [6.07, 6.45) is 0. The molecule has 3 aromatic rings. The Labute approximate surface area is 174 Å². The van der Waals surface area contributed by atoms with Crippen molar-refractivity contribution in [1.82, 2.24) is 10.2 Å². The van der Waals surface area contributed by atoms with Gasteiger partial charge in [0.1, 0.15) is 17.4 Å². The third kappa shape index (κ3) is 2.87. The summed E-state index contributed by atoms with van der Waals surface area (Å²) < 4.78 is 11.8. The van der Waals surface area contributed by atoms with E-state index in [1.54, 1.807) is 18.4 Å². The Kier molecular flexibility index (Phi) is 4.65. The van der Waals surface area contributed by atoms with Gasteiger partial charge in [-0.15, -0.1) is 16.4 Å². The number of fused-ring (bicyclic) bond motifs is 1. The molecule has 4 rings (SSSR count).